The van der Waals surface area contributed by atoms with E-state index in [1.807, 2.05) is 30.8 Å². The number of rotatable bonds is 5. The molecule has 98 valence electrons. The molecule has 0 saturated heterocycles. The molecule has 1 aromatic carbocycles. The number of hydrogen-bond donors (Lipinski definition) is 1. The quantitative estimate of drug-likeness (QED) is 0.832. The summed E-state index contributed by atoms with van der Waals surface area (Å²) in [5.74, 6) is 1.03. The van der Waals surface area contributed by atoms with Crippen LogP contribution < -0.4 is 5.32 Å². The van der Waals surface area contributed by atoms with Crippen molar-refractivity contribution in [2.45, 2.75) is 30.7 Å². The van der Waals surface area contributed by atoms with Crippen LogP contribution in [0.4, 0.5) is 0 Å². The maximum atomic E-state index is 11.8. The summed E-state index contributed by atoms with van der Waals surface area (Å²) in [7, 11) is 0. The summed E-state index contributed by atoms with van der Waals surface area (Å²) in [5, 5.41) is 3.06. The lowest BCUT2D eigenvalue weighted by Crippen LogP contribution is -2.33. The van der Waals surface area contributed by atoms with Gasteiger partial charge in [0.1, 0.15) is 6.61 Å². The van der Waals surface area contributed by atoms with Crippen LogP contribution in [0.3, 0.4) is 0 Å². The highest BCUT2D eigenvalue weighted by molar-refractivity contribution is 7.99. The third kappa shape index (κ3) is 3.50. The number of hydrogen-bond acceptors (Lipinski definition) is 3. The molecule has 1 unspecified atom stereocenters. The summed E-state index contributed by atoms with van der Waals surface area (Å²) in [6, 6.07) is 8.42. The Bertz CT molecular complexity index is 409. The molecule has 0 saturated carbocycles. The Morgan fingerprint density at radius 3 is 3.17 bits per heavy atom. The second-order valence-corrected chi connectivity index (χ2v) is 5.48. The fourth-order valence-electron chi connectivity index (χ4n) is 2.04. The van der Waals surface area contributed by atoms with Crippen molar-refractivity contribution in [2.75, 3.05) is 19.0 Å². The summed E-state index contributed by atoms with van der Waals surface area (Å²) in [5.41, 5.74) is 1.23. The SMILES string of the molecule is CCCOCC(=O)NC1CCSc2ccccc21. The van der Waals surface area contributed by atoms with Crippen LogP contribution in [-0.4, -0.2) is 24.9 Å². The molecule has 0 aromatic heterocycles. The van der Waals surface area contributed by atoms with Gasteiger partial charge in [-0.2, -0.15) is 0 Å². The molecule has 0 spiro atoms. The highest BCUT2D eigenvalue weighted by Gasteiger charge is 2.21. The molecular formula is C14H19NO2S. The molecule has 0 fully saturated rings. The molecule has 1 aliphatic rings. The van der Waals surface area contributed by atoms with E-state index in [1.54, 1.807) is 0 Å². The molecule has 2 rings (SSSR count). The maximum absolute atomic E-state index is 11.8. The van der Waals surface area contributed by atoms with E-state index < -0.39 is 0 Å². The van der Waals surface area contributed by atoms with Crippen LogP contribution in [0.5, 0.6) is 0 Å². The van der Waals surface area contributed by atoms with Crippen molar-refractivity contribution in [1.29, 1.82) is 0 Å². The average Bonchev–Trinajstić information content (AvgIpc) is 2.39. The molecule has 18 heavy (non-hydrogen) atoms. The smallest absolute Gasteiger partial charge is 0.246 e. The number of amides is 1. The zero-order valence-electron chi connectivity index (χ0n) is 10.6. The Balaban J connectivity index is 1.92. The Morgan fingerprint density at radius 1 is 1.50 bits per heavy atom. The van der Waals surface area contributed by atoms with Crippen LogP contribution in [0, 0.1) is 0 Å². The van der Waals surface area contributed by atoms with E-state index in [9.17, 15) is 4.79 Å². The highest BCUT2D eigenvalue weighted by atomic mass is 32.2. The minimum atomic E-state index is -0.0184. The van der Waals surface area contributed by atoms with Gasteiger partial charge in [0.25, 0.3) is 0 Å². The normalized spacial score (nSPS) is 18.2. The van der Waals surface area contributed by atoms with Crippen LogP contribution >= 0.6 is 11.8 Å². The summed E-state index contributed by atoms with van der Waals surface area (Å²) < 4.78 is 5.26. The van der Waals surface area contributed by atoms with Gasteiger partial charge in [0.2, 0.25) is 5.91 Å². The first kappa shape index (κ1) is 13.4. The molecule has 1 amide bonds. The number of fused-ring (bicyclic) bond motifs is 1. The zero-order valence-corrected chi connectivity index (χ0v) is 11.5. The van der Waals surface area contributed by atoms with Crippen molar-refractivity contribution < 1.29 is 9.53 Å². The van der Waals surface area contributed by atoms with Gasteiger partial charge in [0.15, 0.2) is 0 Å². The minimum absolute atomic E-state index is 0.0184. The minimum Gasteiger partial charge on any atom is -0.372 e. The van der Waals surface area contributed by atoms with Gasteiger partial charge in [0.05, 0.1) is 6.04 Å². The van der Waals surface area contributed by atoms with Gasteiger partial charge in [0, 0.05) is 17.3 Å². The Morgan fingerprint density at radius 2 is 2.33 bits per heavy atom. The number of thioether (sulfide) groups is 1. The zero-order chi connectivity index (χ0) is 12.8. The second-order valence-electron chi connectivity index (χ2n) is 4.35. The first-order valence-corrected chi connectivity index (χ1v) is 7.38. The molecule has 0 bridgehead atoms. The predicted octanol–water partition coefficient (Wildman–Crippen LogP) is 2.77. The lowest BCUT2D eigenvalue weighted by molar-refractivity contribution is -0.126. The van der Waals surface area contributed by atoms with Gasteiger partial charge < -0.3 is 10.1 Å². The molecule has 1 aromatic rings. The van der Waals surface area contributed by atoms with Gasteiger partial charge in [-0.15, -0.1) is 11.8 Å². The number of carbonyl (C=O) groups excluding carboxylic acids is 1. The van der Waals surface area contributed by atoms with E-state index >= 15 is 0 Å². The van der Waals surface area contributed by atoms with Crippen molar-refractivity contribution in [3.8, 4) is 0 Å². The summed E-state index contributed by atoms with van der Waals surface area (Å²) >= 11 is 1.86. The van der Waals surface area contributed by atoms with Crippen LogP contribution in [0.25, 0.3) is 0 Å². The lowest BCUT2D eigenvalue weighted by atomic mass is 10.0. The number of ether oxygens (including phenoxy) is 1. The average molecular weight is 265 g/mol. The van der Waals surface area contributed by atoms with Gasteiger partial charge in [-0.3, -0.25) is 4.79 Å². The van der Waals surface area contributed by atoms with E-state index in [2.05, 4.69) is 17.4 Å². The lowest BCUT2D eigenvalue weighted by Gasteiger charge is -2.25. The van der Waals surface area contributed by atoms with Crippen molar-refractivity contribution in [3.05, 3.63) is 29.8 Å². The van der Waals surface area contributed by atoms with Gasteiger partial charge in [-0.25, -0.2) is 0 Å². The molecular weight excluding hydrogens is 246 g/mol. The largest absolute Gasteiger partial charge is 0.372 e. The van der Waals surface area contributed by atoms with Crippen LogP contribution in [-0.2, 0) is 9.53 Å². The Kier molecular flexibility index (Phi) is 5.08. The standard InChI is InChI=1S/C14H19NO2S/c1-2-8-17-10-14(16)15-12-7-9-18-13-6-4-3-5-11(12)13/h3-6,12H,2,7-10H2,1H3,(H,15,16). The summed E-state index contributed by atoms with van der Waals surface area (Å²) in [6.07, 6.45) is 1.93. The van der Waals surface area contributed by atoms with Crippen LogP contribution in [0.15, 0.2) is 29.2 Å². The van der Waals surface area contributed by atoms with Gasteiger partial charge >= 0.3 is 0 Å². The fraction of sp³-hybridized carbons (Fsp3) is 0.500. The first-order chi connectivity index (χ1) is 8.81. The van der Waals surface area contributed by atoms with E-state index in [0.717, 1.165) is 18.6 Å². The van der Waals surface area contributed by atoms with Gasteiger partial charge in [-0.1, -0.05) is 25.1 Å². The molecule has 0 aliphatic carbocycles. The molecule has 4 heteroatoms. The third-order valence-corrected chi connectivity index (χ3v) is 4.00. The van der Waals surface area contributed by atoms with E-state index in [1.165, 1.54) is 10.5 Å². The maximum Gasteiger partial charge on any atom is 0.246 e. The summed E-state index contributed by atoms with van der Waals surface area (Å²) in [4.78, 5) is 13.0. The monoisotopic (exact) mass is 265 g/mol. The predicted molar refractivity (Wildman–Crippen MR) is 73.8 cm³/mol. The summed E-state index contributed by atoms with van der Waals surface area (Å²) in [6.45, 7) is 2.84. The Labute approximate surface area is 112 Å². The number of benzene rings is 1. The molecule has 1 N–H and O–H groups in total. The highest BCUT2D eigenvalue weighted by Crippen LogP contribution is 2.35. The third-order valence-electron chi connectivity index (χ3n) is 2.88. The Hall–Kier alpha value is -1.00. The van der Waals surface area contributed by atoms with E-state index in [0.29, 0.717) is 6.61 Å². The second kappa shape index (κ2) is 6.81. The molecule has 0 radical (unpaired) electrons. The topological polar surface area (TPSA) is 38.3 Å². The van der Waals surface area contributed by atoms with Crippen molar-refractivity contribution in [3.63, 3.8) is 0 Å². The van der Waals surface area contributed by atoms with Crippen molar-refractivity contribution >= 4 is 17.7 Å². The number of carbonyl (C=O) groups is 1. The fourth-order valence-corrected chi connectivity index (χ4v) is 3.16. The van der Waals surface area contributed by atoms with Crippen molar-refractivity contribution in [1.82, 2.24) is 5.32 Å². The van der Waals surface area contributed by atoms with Crippen molar-refractivity contribution in [2.24, 2.45) is 0 Å². The van der Waals surface area contributed by atoms with E-state index in [-0.39, 0.29) is 18.6 Å². The molecule has 1 heterocycles. The van der Waals surface area contributed by atoms with E-state index in [4.69, 9.17) is 4.74 Å². The molecule has 3 nitrogen and oxygen atoms in total. The number of nitrogens with one attached hydrogen (secondary N) is 1. The molecule has 1 atom stereocenters. The van der Waals surface area contributed by atoms with Gasteiger partial charge in [-0.05, 0) is 24.5 Å². The van der Waals surface area contributed by atoms with Crippen LogP contribution in [0.2, 0.25) is 0 Å². The van der Waals surface area contributed by atoms with Crippen LogP contribution in [0.1, 0.15) is 31.4 Å². The first-order valence-electron chi connectivity index (χ1n) is 6.40. The molecule has 1 aliphatic heterocycles.